The van der Waals surface area contributed by atoms with Crippen molar-refractivity contribution in [2.24, 2.45) is 5.92 Å². The average molecular weight is 287 g/mol. The molecule has 3 N–H and O–H groups in total. The van der Waals surface area contributed by atoms with Gasteiger partial charge in [-0.25, -0.2) is 0 Å². The van der Waals surface area contributed by atoms with E-state index in [0.29, 0.717) is 12.5 Å². The number of hydrogen-bond donors (Lipinski definition) is 3. The smallest absolute Gasteiger partial charge is 0.237 e. The van der Waals surface area contributed by atoms with Gasteiger partial charge in [-0.05, 0) is 48.9 Å². The minimum Gasteiger partial charge on any atom is -0.385 e. The molecule has 0 saturated carbocycles. The van der Waals surface area contributed by atoms with E-state index in [2.05, 4.69) is 41.1 Å². The summed E-state index contributed by atoms with van der Waals surface area (Å²) in [6, 6.07) is 6.32. The quantitative estimate of drug-likeness (QED) is 0.794. The lowest BCUT2D eigenvalue weighted by Gasteiger charge is -2.21. The van der Waals surface area contributed by atoms with Crippen molar-refractivity contribution in [2.45, 2.75) is 45.2 Å². The zero-order valence-corrected chi connectivity index (χ0v) is 12.7. The van der Waals surface area contributed by atoms with Crippen molar-refractivity contribution in [1.82, 2.24) is 10.6 Å². The van der Waals surface area contributed by atoms with Gasteiger partial charge in [0.2, 0.25) is 5.91 Å². The van der Waals surface area contributed by atoms with Gasteiger partial charge in [-0.3, -0.25) is 4.79 Å². The van der Waals surface area contributed by atoms with Crippen LogP contribution in [0.15, 0.2) is 18.2 Å². The Balaban J connectivity index is 1.59. The number of nitrogens with one attached hydrogen (secondary N) is 3. The standard InChI is InChI=1S/C17H25N3O/c1-2-12-9-16(19-10-12)17(21)20-11-13-5-3-7-15-14(13)6-4-8-18-15/h3,5,7,12,16,18-19H,2,4,6,8-11H2,1H3,(H,20,21)/t12-,16-/m0/s1. The van der Waals surface area contributed by atoms with Crippen molar-refractivity contribution < 1.29 is 4.79 Å². The number of rotatable bonds is 4. The summed E-state index contributed by atoms with van der Waals surface area (Å²) in [5.74, 6) is 0.793. The molecule has 4 heteroatoms. The van der Waals surface area contributed by atoms with Crippen molar-refractivity contribution in [3.05, 3.63) is 29.3 Å². The zero-order chi connectivity index (χ0) is 14.7. The van der Waals surface area contributed by atoms with Gasteiger partial charge in [0.1, 0.15) is 0 Å². The van der Waals surface area contributed by atoms with Gasteiger partial charge < -0.3 is 16.0 Å². The molecule has 0 radical (unpaired) electrons. The van der Waals surface area contributed by atoms with E-state index in [1.165, 1.54) is 23.2 Å². The monoisotopic (exact) mass is 287 g/mol. The normalized spacial score (nSPS) is 24.2. The molecule has 2 aliphatic heterocycles. The average Bonchev–Trinajstić information content (AvgIpc) is 3.01. The number of benzene rings is 1. The van der Waals surface area contributed by atoms with Crippen LogP contribution in [-0.2, 0) is 17.8 Å². The SMILES string of the molecule is CC[C@@H]1CN[C@H](C(=O)NCc2cccc3c2CCCN3)C1. The second-order valence-electron chi connectivity index (χ2n) is 6.16. The Bertz CT molecular complexity index is 515. The maximum Gasteiger partial charge on any atom is 0.237 e. The topological polar surface area (TPSA) is 53.2 Å². The summed E-state index contributed by atoms with van der Waals surface area (Å²) in [7, 11) is 0. The fraction of sp³-hybridized carbons (Fsp3) is 0.588. The number of carbonyl (C=O) groups is 1. The zero-order valence-electron chi connectivity index (χ0n) is 12.7. The van der Waals surface area contributed by atoms with Crippen LogP contribution in [-0.4, -0.2) is 25.0 Å². The fourth-order valence-electron chi connectivity index (χ4n) is 3.37. The molecule has 0 aliphatic carbocycles. The molecule has 3 rings (SSSR count). The summed E-state index contributed by atoms with van der Waals surface area (Å²) in [6.45, 7) is 4.85. The highest BCUT2D eigenvalue weighted by molar-refractivity contribution is 5.82. The summed E-state index contributed by atoms with van der Waals surface area (Å²) >= 11 is 0. The molecule has 2 atom stereocenters. The fourth-order valence-corrected chi connectivity index (χ4v) is 3.37. The Kier molecular flexibility index (Phi) is 4.44. The Morgan fingerprint density at radius 2 is 2.33 bits per heavy atom. The van der Waals surface area contributed by atoms with Crippen molar-refractivity contribution in [1.29, 1.82) is 0 Å². The van der Waals surface area contributed by atoms with Crippen molar-refractivity contribution in [3.63, 3.8) is 0 Å². The first-order valence-corrected chi connectivity index (χ1v) is 8.13. The van der Waals surface area contributed by atoms with E-state index in [-0.39, 0.29) is 11.9 Å². The molecule has 2 heterocycles. The third-order valence-corrected chi connectivity index (χ3v) is 4.76. The van der Waals surface area contributed by atoms with Crippen LogP contribution in [0.25, 0.3) is 0 Å². The number of anilines is 1. The van der Waals surface area contributed by atoms with Crippen LogP contribution in [0.2, 0.25) is 0 Å². The molecular formula is C17H25N3O. The first kappa shape index (κ1) is 14.4. The van der Waals surface area contributed by atoms with Crippen LogP contribution in [0.3, 0.4) is 0 Å². The highest BCUT2D eigenvalue weighted by Gasteiger charge is 2.28. The number of carbonyl (C=O) groups excluding carboxylic acids is 1. The van der Waals surface area contributed by atoms with Gasteiger partial charge in [-0.15, -0.1) is 0 Å². The molecule has 21 heavy (non-hydrogen) atoms. The molecule has 2 aliphatic rings. The molecule has 1 saturated heterocycles. The van der Waals surface area contributed by atoms with Gasteiger partial charge in [0.15, 0.2) is 0 Å². The molecule has 114 valence electrons. The van der Waals surface area contributed by atoms with Gasteiger partial charge >= 0.3 is 0 Å². The number of amides is 1. The van der Waals surface area contributed by atoms with Crippen LogP contribution < -0.4 is 16.0 Å². The van der Waals surface area contributed by atoms with Crippen LogP contribution in [0.1, 0.15) is 37.3 Å². The molecule has 1 aromatic rings. The lowest BCUT2D eigenvalue weighted by atomic mass is 9.97. The van der Waals surface area contributed by atoms with Gasteiger partial charge in [-0.2, -0.15) is 0 Å². The van der Waals surface area contributed by atoms with Gasteiger partial charge in [-0.1, -0.05) is 25.5 Å². The lowest BCUT2D eigenvalue weighted by Crippen LogP contribution is -2.40. The largest absolute Gasteiger partial charge is 0.385 e. The van der Waals surface area contributed by atoms with Gasteiger partial charge in [0.05, 0.1) is 6.04 Å². The first-order chi connectivity index (χ1) is 10.3. The molecule has 4 nitrogen and oxygen atoms in total. The predicted molar refractivity (Wildman–Crippen MR) is 85.3 cm³/mol. The summed E-state index contributed by atoms with van der Waals surface area (Å²) < 4.78 is 0. The molecule has 0 aromatic heterocycles. The predicted octanol–water partition coefficient (Wildman–Crippen LogP) is 2.05. The Labute approximate surface area is 126 Å². The Morgan fingerprint density at radius 3 is 3.14 bits per heavy atom. The van der Waals surface area contributed by atoms with Crippen LogP contribution in [0.4, 0.5) is 5.69 Å². The minimum atomic E-state index is -0.00684. The van der Waals surface area contributed by atoms with E-state index in [0.717, 1.165) is 32.4 Å². The van der Waals surface area contributed by atoms with Crippen molar-refractivity contribution in [2.75, 3.05) is 18.4 Å². The molecule has 1 amide bonds. The summed E-state index contributed by atoms with van der Waals surface area (Å²) in [5.41, 5.74) is 3.85. The maximum atomic E-state index is 12.3. The van der Waals surface area contributed by atoms with E-state index >= 15 is 0 Å². The van der Waals surface area contributed by atoms with Gasteiger partial charge in [0.25, 0.3) is 0 Å². The Hall–Kier alpha value is -1.55. The second kappa shape index (κ2) is 6.48. The van der Waals surface area contributed by atoms with Gasteiger partial charge in [0, 0.05) is 18.8 Å². The summed E-state index contributed by atoms with van der Waals surface area (Å²) in [4.78, 5) is 12.3. The second-order valence-corrected chi connectivity index (χ2v) is 6.16. The number of hydrogen-bond acceptors (Lipinski definition) is 3. The minimum absolute atomic E-state index is 0.00684. The highest BCUT2D eigenvalue weighted by atomic mass is 16.2. The van der Waals surface area contributed by atoms with E-state index in [1.807, 2.05) is 0 Å². The van der Waals surface area contributed by atoms with Crippen LogP contribution >= 0.6 is 0 Å². The third kappa shape index (κ3) is 3.21. The molecule has 1 fully saturated rings. The van der Waals surface area contributed by atoms with E-state index in [1.54, 1.807) is 0 Å². The van der Waals surface area contributed by atoms with Crippen molar-refractivity contribution in [3.8, 4) is 0 Å². The molecule has 0 unspecified atom stereocenters. The van der Waals surface area contributed by atoms with E-state index < -0.39 is 0 Å². The molecule has 0 bridgehead atoms. The Morgan fingerprint density at radius 1 is 1.43 bits per heavy atom. The van der Waals surface area contributed by atoms with Crippen LogP contribution in [0, 0.1) is 5.92 Å². The lowest BCUT2D eigenvalue weighted by molar-refractivity contribution is -0.123. The third-order valence-electron chi connectivity index (χ3n) is 4.76. The van der Waals surface area contributed by atoms with Crippen LogP contribution in [0.5, 0.6) is 0 Å². The maximum absolute atomic E-state index is 12.3. The highest BCUT2D eigenvalue weighted by Crippen LogP contribution is 2.25. The first-order valence-electron chi connectivity index (χ1n) is 8.13. The van der Waals surface area contributed by atoms with Crippen molar-refractivity contribution >= 4 is 11.6 Å². The molecule has 1 aromatic carbocycles. The van der Waals surface area contributed by atoms with E-state index in [9.17, 15) is 4.79 Å². The summed E-state index contributed by atoms with van der Waals surface area (Å²) in [6.07, 6.45) is 4.39. The number of fused-ring (bicyclic) bond motifs is 1. The van der Waals surface area contributed by atoms with E-state index in [4.69, 9.17) is 0 Å². The molecular weight excluding hydrogens is 262 g/mol. The summed E-state index contributed by atoms with van der Waals surface area (Å²) in [5, 5.41) is 9.87. The molecule has 0 spiro atoms.